The molecular weight excluding hydrogens is 374 g/mol. The molecule has 0 aliphatic rings. The van der Waals surface area contributed by atoms with Crippen LogP contribution in [0.25, 0.3) is 0 Å². The van der Waals surface area contributed by atoms with Crippen molar-refractivity contribution < 1.29 is 4.79 Å². The molecule has 1 aromatic heterocycles. The Morgan fingerprint density at radius 1 is 1.16 bits per heavy atom. The molecule has 0 radical (unpaired) electrons. The Morgan fingerprint density at radius 2 is 1.79 bits per heavy atom. The fourth-order valence-electron chi connectivity index (χ4n) is 1.37. The average molecular weight is 380 g/mol. The van der Waals surface area contributed by atoms with Gasteiger partial charge in [0.05, 0.1) is 15.7 Å². The lowest BCUT2D eigenvalue weighted by Gasteiger charge is -2.09. The first-order valence-electron chi connectivity index (χ1n) is 5.05. The number of hydrogen-bond acceptors (Lipinski definition) is 2. The van der Waals surface area contributed by atoms with E-state index < -0.39 is 5.91 Å². The molecule has 1 aromatic carbocycles. The van der Waals surface area contributed by atoms with Crippen LogP contribution < -0.4 is 5.32 Å². The van der Waals surface area contributed by atoms with Crippen molar-refractivity contribution in [2.45, 2.75) is 0 Å². The van der Waals surface area contributed by atoms with Gasteiger partial charge in [0.1, 0.15) is 5.69 Å². The first-order valence-corrected chi connectivity index (χ1v) is 6.97. The van der Waals surface area contributed by atoms with E-state index in [1.165, 1.54) is 12.3 Å². The van der Waals surface area contributed by atoms with Crippen LogP contribution in [-0.2, 0) is 0 Å². The standard InChI is InChI=1S/C12H6BrCl3N2O/c13-6-3-8(15)11(9(16)4-6)18-12(19)10-5-7(14)1-2-17-10/h1-5H,(H,18,19). The minimum atomic E-state index is -0.436. The first kappa shape index (κ1) is 14.6. The van der Waals surface area contributed by atoms with Crippen molar-refractivity contribution >= 4 is 62.3 Å². The number of pyridine rings is 1. The maximum absolute atomic E-state index is 12.0. The van der Waals surface area contributed by atoms with E-state index in [2.05, 4.69) is 26.2 Å². The second kappa shape index (κ2) is 6.09. The Labute approximate surface area is 133 Å². The Bertz CT molecular complexity index is 626. The van der Waals surface area contributed by atoms with E-state index in [1.54, 1.807) is 18.2 Å². The SMILES string of the molecule is O=C(Nc1c(Cl)cc(Br)cc1Cl)c1cc(Cl)ccn1. The molecule has 2 rings (SSSR count). The fourth-order valence-corrected chi connectivity index (χ4v) is 2.83. The van der Waals surface area contributed by atoms with Gasteiger partial charge in [-0.1, -0.05) is 50.7 Å². The van der Waals surface area contributed by atoms with Gasteiger partial charge < -0.3 is 5.32 Å². The van der Waals surface area contributed by atoms with Gasteiger partial charge in [0.25, 0.3) is 5.91 Å². The molecule has 98 valence electrons. The number of amides is 1. The third kappa shape index (κ3) is 3.60. The topological polar surface area (TPSA) is 42.0 Å². The minimum absolute atomic E-state index is 0.183. The molecule has 2 aromatic rings. The number of anilines is 1. The Hall–Kier alpha value is -0.810. The quantitative estimate of drug-likeness (QED) is 0.792. The van der Waals surface area contributed by atoms with Crippen molar-refractivity contribution in [2.75, 3.05) is 5.32 Å². The van der Waals surface area contributed by atoms with Crippen LogP contribution in [0.5, 0.6) is 0 Å². The first-order chi connectivity index (χ1) is 8.97. The van der Waals surface area contributed by atoms with Crippen LogP contribution in [0.3, 0.4) is 0 Å². The van der Waals surface area contributed by atoms with Crippen LogP contribution in [-0.4, -0.2) is 10.9 Å². The number of carbonyl (C=O) groups excluding carboxylic acids is 1. The summed E-state index contributed by atoms with van der Waals surface area (Å²) in [5.41, 5.74) is 0.515. The molecule has 0 spiro atoms. The molecule has 0 aliphatic carbocycles. The molecule has 1 amide bonds. The molecule has 0 saturated carbocycles. The van der Waals surface area contributed by atoms with E-state index in [1.807, 2.05) is 0 Å². The summed E-state index contributed by atoms with van der Waals surface area (Å²) in [5.74, 6) is -0.436. The lowest BCUT2D eigenvalue weighted by Crippen LogP contribution is -2.14. The van der Waals surface area contributed by atoms with Crippen molar-refractivity contribution in [3.8, 4) is 0 Å². The Balaban J connectivity index is 2.29. The van der Waals surface area contributed by atoms with Crippen molar-refractivity contribution in [3.05, 3.63) is 55.7 Å². The van der Waals surface area contributed by atoms with E-state index in [4.69, 9.17) is 34.8 Å². The third-order valence-corrected chi connectivity index (χ3v) is 3.49. The van der Waals surface area contributed by atoms with Crippen LogP contribution in [0.4, 0.5) is 5.69 Å². The highest BCUT2D eigenvalue weighted by molar-refractivity contribution is 9.10. The highest BCUT2D eigenvalue weighted by Crippen LogP contribution is 2.34. The number of rotatable bonds is 2. The number of nitrogens with zero attached hydrogens (tertiary/aromatic N) is 1. The van der Waals surface area contributed by atoms with Gasteiger partial charge in [-0.05, 0) is 24.3 Å². The van der Waals surface area contributed by atoms with E-state index in [0.29, 0.717) is 20.8 Å². The molecule has 0 fully saturated rings. The summed E-state index contributed by atoms with van der Waals surface area (Å²) in [6.45, 7) is 0. The molecule has 7 heteroatoms. The summed E-state index contributed by atoms with van der Waals surface area (Å²) >= 11 is 21.1. The van der Waals surface area contributed by atoms with Crippen LogP contribution in [0.1, 0.15) is 10.5 Å². The monoisotopic (exact) mass is 378 g/mol. The van der Waals surface area contributed by atoms with Crippen molar-refractivity contribution in [3.63, 3.8) is 0 Å². The number of aromatic nitrogens is 1. The number of benzene rings is 1. The Kier molecular flexibility index (Phi) is 4.68. The predicted octanol–water partition coefficient (Wildman–Crippen LogP) is 5.06. The zero-order valence-electron chi connectivity index (χ0n) is 9.25. The van der Waals surface area contributed by atoms with E-state index >= 15 is 0 Å². The minimum Gasteiger partial charge on any atom is -0.318 e. The predicted molar refractivity (Wildman–Crippen MR) is 81.4 cm³/mol. The van der Waals surface area contributed by atoms with Crippen LogP contribution in [0.2, 0.25) is 15.1 Å². The zero-order chi connectivity index (χ0) is 14.0. The van der Waals surface area contributed by atoms with E-state index in [-0.39, 0.29) is 5.69 Å². The van der Waals surface area contributed by atoms with Gasteiger partial charge in [0, 0.05) is 15.7 Å². The van der Waals surface area contributed by atoms with Gasteiger partial charge in [0.2, 0.25) is 0 Å². The molecule has 0 bridgehead atoms. The van der Waals surface area contributed by atoms with Gasteiger partial charge in [-0.25, -0.2) is 0 Å². The molecule has 19 heavy (non-hydrogen) atoms. The largest absolute Gasteiger partial charge is 0.318 e. The summed E-state index contributed by atoms with van der Waals surface area (Å²) < 4.78 is 0.723. The maximum atomic E-state index is 12.0. The number of carbonyl (C=O) groups is 1. The Morgan fingerprint density at radius 3 is 2.37 bits per heavy atom. The average Bonchev–Trinajstić information content (AvgIpc) is 2.33. The highest BCUT2D eigenvalue weighted by atomic mass is 79.9. The maximum Gasteiger partial charge on any atom is 0.274 e. The van der Waals surface area contributed by atoms with Crippen LogP contribution in [0.15, 0.2) is 34.9 Å². The van der Waals surface area contributed by atoms with Gasteiger partial charge in [0.15, 0.2) is 0 Å². The molecule has 3 nitrogen and oxygen atoms in total. The third-order valence-electron chi connectivity index (χ3n) is 2.20. The normalized spacial score (nSPS) is 10.3. The van der Waals surface area contributed by atoms with Crippen molar-refractivity contribution in [1.29, 1.82) is 0 Å². The molecular formula is C12H6BrCl3N2O. The fraction of sp³-hybridized carbons (Fsp3) is 0. The lowest BCUT2D eigenvalue weighted by atomic mass is 10.3. The van der Waals surface area contributed by atoms with Gasteiger partial charge in [-0.15, -0.1) is 0 Å². The number of hydrogen-bond donors (Lipinski definition) is 1. The number of nitrogens with one attached hydrogen (secondary N) is 1. The highest BCUT2D eigenvalue weighted by Gasteiger charge is 2.13. The summed E-state index contributed by atoms with van der Waals surface area (Å²) in [6, 6.07) is 6.30. The summed E-state index contributed by atoms with van der Waals surface area (Å²) in [5, 5.41) is 3.69. The van der Waals surface area contributed by atoms with E-state index in [0.717, 1.165) is 4.47 Å². The summed E-state index contributed by atoms with van der Waals surface area (Å²) in [4.78, 5) is 15.9. The molecule has 1 heterocycles. The smallest absolute Gasteiger partial charge is 0.274 e. The lowest BCUT2D eigenvalue weighted by molar-refractivity contribution is 0.102. The van der Waals surface area contributed by atoms with Gasteiger partial charge >= 0.3 is 0 Å². The van der Waals surface area contributed by atoms with Crippen molar-refractivity contribution in [1.82, 2.24) is 4.98 Å². The zero-order valence-corrected chi connectivity index (χ0v) is 13.1. The van der Waals surface area contributed by atoms with Gasteiger partial charge in [-0.2, -0.15) is 0 Å². The second-order valence-corrected chi connectivity index (χ2v) is 5.72. The van der Waals surface area contributed by atoms with Crippen molar-refractivity contribution in [2.24, 2.45) is 0 Å². The van der Waals surface area contributed by atoms with E-state index in [9.17, 15) is 4.79 Å². The second-order valence-electron chi connectivity index (χ2n) is 3.56. The molecule has 0 aliphatic heterocycles. The van der Waals surface area contributed by atoms with Crippen LogP contribution >= 0.6 is 50.7 Å². The van der Waals surface area contributed by atoms with Gasteiger partial charge in [-0.3, -0.25) is 9.78 Å². The summed E-state index contributed by atoms with van der Waals surface area (Å²) in [7, 11) is 0. The summed E-state index contributed by atoms with van der Waals surface area (Å²) in [6.07, 6.45) is 1.45. The molecule has 0 saturated heterocycles. The number of halogens is 4. The molecule has 0 atom stereocenters. The van der Waals surface area contributed by atoms with Crippen LogP contribution in [0, 0.1) is 0 Å². The molecule has 0 unspecified atom stereocenters. The molecule has 1 N–H and O–H groups in total.